The summed E-state index contributed by atoms with van der Waals surface area (Å²) in [6.45, 7) is 5.21. The number of amides is 1. The standard InChI is InChI=1S/C28H36ClN7O3/c1-30-25(37)18-39-24-14-20-13-21(8-9-23(20)34(2)27(24)38)32-26-22(29)15-31-28(33-26)36-12-6-7-19(17-36)16-35-10-4-3-5-11-35/h8-9,13-15,19H,3-7,10-12,16-18H2,1-2H3,(H,30,37)(H,31,32,33). The number of carbonyl (C=O) groups excluding carboxylic acids is 1. The van der Waals surface area contributed by atoms with Crippen molar-refractivity contribution in [1.29, 1.82) is 0 Å². The van der Waals surface area contributed by atoms with E-state index in [9.17, 15) is 9.59 Å². The summed E-state index contributed by atoms with van der Waals surface area (Å²) in [5.41, 5.74) is 1.18. The molecule has 2 aliphatic rings. The molecule has 2 aromatic heterocycles. The molecular weight excluding hydrogens is 518 g/mol. The number of hydrogen-bond acceptors (Lipinski definition) is 8. The number of carbonyl (C=O) groups is 1. The van der Waals surface area contributed by atoms with Gasteiger partial charge in [0, 0.05) is 44.8 Å². The first-order valence-electron chi connectivity index (χ1n) is 13.7. The number of likely N-dealkylation sites (N-methyl/N-ethyl adjacent to an activating group) is 1. The zero-order valence-corrected chi connectivity index (χ0v) is 23.3. The van der Waals surface area contributed by atoms with Gasteiger partial charge in [-0.3, -0.25) is 9.59 Å². The molecule has 2 N–H and O–H groups in total. The van der Waals surface area contributed by atoms with Crippen molar-refractivity contribution in [3.63, 3.8) is 0 Å². The summed E-state index contributed by atoms with van der Waals surface area (Å²) in [5, 5.41) is 7.01. The Balaban J connectivity index is 1.33. The third-order valence-corrected chi connectivity index (χ3v) is 7.87. The van der Waals surface area contributed by atoms with Gasteiger partial charge in [-0.05, 0) is 69.0 Å². The van der Waals surface area contributed by atoms with Crippen LogP contribution in [-0.2, 0) is 11.8 Å². The van der Waals surface area contributed by atoms with Crippen molar-refractivity contribution < 1.29 is 9.53 Å². The average Bonchev–Trinajstić information content (AvgIpc) is 2.96. The molecule has 3 aromatic rings. The summed E-state index contributed by atoms with van der Waals surface area (Å²) in [7, 11) is 3.19. The summed E-state index contributed by atoms with van der Waals surface area (Å²) in [6, 6.07) is 7.28. The first-order valence-corrected chi connectivity index (χ1v) is 14.0. The van der Waals surface area contributed by atoms with Crippen LogP contribution in [0.3, 0.4) is 0 Å². The highest BCUT2D eigenvalue weighted by molar-refractivity contribution is 6.32. The molecule has 0 spiro atoms. The number of anilines is 3. The number of nitrogens with one attached hydrogen (secondary N) is 2. The number of ether oxygens (including phenoxy) is 1. The van der Waals surface area contributed by atoms with Crippen molar-refractivity contribution in [3.8, 4) is 5.75 Å². The molecule has 39 heavy (non-hydrogen) atoms. The number of benzene rings is 1. The lowest BCUT2D eigenvalue weighted by atomic mass is 9.96. The van der Waals surface area contributed by atoms with Crippen LogP contribution in [0.2, 0.25) is 5.02 Å². The van der Waals surface area contributed by atoms with Crippen LogP contribution in [0.1, 0.15) is 32.1 Å². The van der Waals surface area contributed by atoms with Crippen LogP contribution in [0, 0.1) is 5.92 Å². The minimum Gasteiger partial charge on any atom is -0.478 e. The van der Waals surface area contributed by atoms with Gasteiger partial charge in [-0.2, -0.15) is 4.98 Å². The predicted octanol–water partition coefficient (Wildman–Crippen LogP) is 3.55. The third-order valence-electron chi connectivity index (χ3n) is 7.59. The van der Waals surface area contributed by atoms with Gasteiger partial charge >= 0.3 is 0 Å². The maximum Gasteiger partial charge on any atom is 0.293 e. The lowest BCUT2D eigenvalue weighted by molar-refractivity contribution is -0.122. The van der Waals surface area contributed by atoms with Crippen molar-refractivity contribution in [2.45, 2.75) is 32.1 Å². The summed E-state index contributed by atoms with van der Waals surface area (Å²) in [4.78, 5) is 38.5. The summed E-state index contributed by atoms with van der Waals surface area (Å²) >= 11 is 6.50. The Bertz CT molecular complexity index is 1390. The Morgan fingerprint density at radius 1 is 1.15 bits per heavy atom. The van der Waals surface area contributed by atoms with E-state index in [0.717, 1.165) is 42.6 Å². The quantitative estimate of drug-likeness (QED) is 0.436. The van der Waals surface area contributed by atoms with E-state index in [-0.39, 0.29) is 23.8 Å². The predicted molar refractivity (Wildman–Crippen MR) is 154 cm³/mol. The molecule has 0 saturated carbocycles. The Hall–Kier alpha value is -3.37. The first kappa shape index (κ1) is 27.2. The molecule has 5 rings (SSSR count). The van der Waals surface area contributed by atoms with E-state index in [4.69, 9.17) is 21.3 Å². The van der Waals surface area contributed by atoms with Crippen molar-refractivity contribution in [2.24, 2.45) is 13.0 Å². The van der Waals surface area contributed by atoms with E-state index in [1.54, 1.807) is 19.3 Å². The molecule has 2 aliphatic heterocycles. The minimum absolute atomic E-state index is 0.109. The molecule has 2 saturated heterocycles. The van der Waals surface area contributed by atoms with Crippen LogP contribution in [0.5, 0.6) is 5.75 Å². The van der Waals surface area contributed by atoms with Gasteiger partial charge in [-0.1, -0.05) is 18.0 Å². The van der Waals surface area contributed by atoms with Gasteiger partial charge in [0.15, 0.2) is 18.2 Å². The molecule has 1 atom stereocenters. The van der Waals surface area contributed by atoms with E-state index >= 15 is 0 Å². The number of hydrogen-bond donors (Lipinski definition) is 2. The second kappa shape index (κ2) is 12.2. The van der Waals surface area contributed by atoms with Crippen molar-refractivity contribution >= 4 is 45.9 Å². The maximum absolute atomic E-state index is 12.7. The first-order chi connectivity index (χ1) is 18.9. The van der Waals surface area contributed by atoms with Crippen molar-refractivity contribution in [3.05, 3.63) is 45.8 Å². The van der Waals surface area contributed by atoms with E-state index in [0.29, 0.717) is 22.7 Å². The molecule has 1 amide bonds. The lowest BCUT2D eigenvalue weighted by Gasteiger charge is -2.37. The van der Waals surface area contributed by atoms with Gasteiger partial charge in [0.2, 0.25) is 5.95 Å². The summed E-state index contributed by atoms with van der Waals surface area (Å²) in [6.07, 6.45) is 7.98. The molecule has 208 valence electrons. The number of aryl methyl sites for hydroxylation is 1. The smallest absolute Gasteiger partial charge is 0.293 e. The van der Waals surface area contributed by atoms with Crippen LogP contribution < -0.4 is 25.8 Å². The molecule has 1 unspecified atom stereocenters. The van der Waals surface area contributed by atoms with E-state index in [1.165, 1.54) is 50.4 Å². The Kier molecular flexibility index (Phi) is 8.52. The van der Waals surface area contributed by atoms with Gasteiger partial charge in [0.05, 0.1) is 11.7 Å². The van der Waals surface area contributed by atoms with Crippen LogP contribution in [0.4, 0.5) is 17.5 Å². The normalized spacial score (nSPS) is 18.2. The average molecular weight is 554 g/mol. The highest BCUT2D eigenvalue weighted by atomic mass is 35.5. The van der Waals surface area contributed by atoms with Crippen LogP contribution >= 0.6 is 11.6 Å². The number of piperidine rings is 2. The van der Waals surface area contributed by atoms with Crippen molar-refractivity contribution in [1.82, 2.24) is 24.8 Å². The fraction of sp³-hybridized carbons (Fsp3) is 0.500. The fourth-order valence-corrected chi connectivity index (χ4v) is 5.63. The molecular formula is C28H36ClN7O3. The molecule has 10 nitrogen and oxygen atoms in total. The number of aromatic nitrogens is 3. The van der Waals surface area contributed by atoms with Gasteiger partial charge in [0.25, 0.3) is 11.5 Å². The second-order valence-corrected chi connectivity index (χ2v) is 10.8. The minimum atomic E-state index is -0.312. The Morgan fingerprint density at radius 2 is 1.97 bits per heavy atom. The number of likely N-dealkylation sites (tertiary alicyclic amines) is 1. The molecule has 0 aliphatic carbocycles. The monoisotopic (exact) mass is 553 g/mol. The maximum atomic E-state index is 12.7. The highest BCUT2D eigenvalue weighted by Gasteiger charge is 2.25. The van der Waals surface area contributed by atoms with Gasteiger partial charge < -0.3 is 29.7 Å². The van der Waals surface area contributed by atoms with Gasteiger partial charge in [-0.15, -0.1) is 0 Å². The highest BCUT2D eigenvalue weighted by Crippen LogP contribution is 2.29. The fourth-order valence-electron chi connectivity index (χ4n) is 5.49. The lowest BCUT2D eigenvalue weighted by Crippen LogP contribution is -2.43. The molecule has 11 heteroatoms. The molecule has 1 aromatic carbocycles. The van der Waals surface area contributed by atoms with Gasteiger partial charge in [-0.25, -0.2) is 4.98 Å². The zero-order valence-electron chi connectivity index (χ0n) is 22.6. The van der Waals surface area contributed by atoms with Crippen LogP contribution in [0.25, 0.3) is 10.9 Å². The van der Waals surface area contributed by atoms with Crippen molar-refractivity contribution in [2.75, 3.05) is 56.6 Å². The topological polar surface area (TPSA) is 105 Å². The number of nitrogens with zero attached hydrogens (tertiary/aromatic N) is 5. The number of fused-ring (bicyclic) bond motifs is 1. The Labute approximate surface area is 233 Å². The van der Waals surface area contributed by atoms with E-state index in [2.05, 4.69) is 25.4 Å². The summed E-state index contributed by atoms with van der Waals surface area (Å²) in [5.74, 6) is 1.61. The molecule has 0 radical (unpaired) electrons. The second-order valence-electron chi connectivity index (χ2n) is 10.4. The van der Waals surface area contributed by atoms with E-state index in [1.807, 2.05) is 18.2 Å². The molecule has 4 heterocycles. The number of rotatable bonds is 8. The molecule has 2 fully saturated rings. The van der Waals surface area contributed by atoms with Crippen LogP contribution in [0.15, 0.2) is 35.3 Å². The SMILES string of the molecule is CNC(=O)COc1cc2cc(Nc3nc(N4CCCC(CN5CCCCC5)C4)ncc3Cl)ccc2n(C)c1=O. The number of halogens is 1. The van der Waals surface area contributed by atoms with Crippen LogP contribution in [-0.4, -0.2) is 71.7 Å². The largest absolute Gasteiger partial charge is 0.478 e. The van der Waals surface area contributed by atoms with E-state index < -0.39 is 0 Å². The third kappa shape index (κ3) is 6.45. The van der Waals surface area contributed by atoms with Gasteiger partial charge in [0.1, 0.15) is 5.02 Å². The summed E-state index contributed by atoms with van der Waals surface area (Å²) < 4.78 is 6.98. The molecule has 0 bridgehead atoms. The Morgan fingerprint density at radius 3 is 2.77 bits per heavy atom. The number of pyridine rings is 1. The zero-order chi connectivity index (χ0) is 27.4.